The zero-order valence-electron chi connectivity index (χ0n) is 16.8. The molecular formula is C23H22N4O4. The second-order valence-corrected chi connectivity index (χ2v) is 7.91. The molecule has 2 N–H and O–H groups in total. The van der Waals surface area contributed by atoms with Gasteiger partial charge in [0.25, 0.3) is 5.82 Å². The molecule has 158 valence electrons. The van der Waals surface area contributed by atoms with E-state index in [1.54, 1.807) is 4.90 Å². The predicted octanol–water partition coefficient (Wildman–Crippen LogP) is 3.63. The summed E-state index contributed by atoms with van der Waals surface area (Å²) in [4.78, 5) is 29.4. The Bertz CT molecular complexity index is 1090. The van der Waals surface area contributed by atoms with E-state index in [2.05, 4.69) is 39.4 Å². The number of aromatic nitrogens is 3. The molecule has 0 radical (unpaired) electrons. The van der Waals surface area contributed by atoms with E-state index in [0.29, 0.717) is 38.4 Å². The third-order valence-electron chi connectivity index (χ3n) is 6.17. The van der Waals surface area contributed by atoms with Crippen LogP contribution in [0, 0.1) is 0 Å². The molecule has 0 spiro atoms. The van der Waals surface area contributed by atoms with Gasteiger partial charge in [0.15, 0.2) is 0 Å². The molecule has 1 aliphatic carbocycles. The number of carbonyl (C=O) groups excluding carboxylic acids is 1. The lowest BCUT2D eigenvalue weighted by molar-refractivity contribution is 0.0684. The molecule has 1 amide bonds. The maximum Gasteiger partial charge on any atom is 0.409 e. The Hall–Kier alpha value is -3.68. The van der Waals surface area contributed by atoms with Gasteiger partial charge in [-0.15, -0.1) is 5.10 Å². The average Bonchev–Trinajstić information content (AvgIpc) is 3.42. The van der Waals surface area contributed by atoms with Crippen LogP contribution in [0.5, 0.6) is 0 Å². The number of amides is 1. The van der Waals surface area contributed by atoms with Crippen LogP contribution in [-0.2, 0) is 4.74 Å². The number of hydrogen-bond acceptors (Lipinski definition) is 5. The number of rotatable bonds is 4. The predicted molar refractivity (Wildman–Crippen MR) is 112 cm³/mol. The van der Waals surface area contributed by atoms with E-state index in [-0.39, 0.29) is 23.8 Å². The molecule has 1 aromatic heterocycles. The Kier molecular flexibility index (Phi) is 4.89. The van der Waals surface area contributed by atoms with Crippen molar-refractivity contribution in [1.29, 1.82) is 0 Å². The Balaban J connectivity index is 1.21. The van der Waals surface area contributed by atoms with Gasteiger partial charge in [-0.1, -0.05) is 48.5 Å². The van der Waals surface area contributed by atoms with Crippen LogP contribution in [0.3, 0.4) is 0 Å². The van der Waals surface area contributed by atoms with Crippen LogP contribution in [0.15, 0.2) is 48.5 Å². The summed E-state index contributed by atoms with van der Waals surface area (Å²) in [6.45, 7) is 1.37. The van der Waals surface area contributed by atoms with Gasteiger partial charge in [-0.25, -0.2) is 14.6 Å². The number of ether oxygens (including phenoxy) is 1. The van der Waals surface area contributed by atoms with E-state index >= 15 is 0 Å². The van der Waals surface area contributed by atoms with Crippen LogP contribution in [-0.4, -0.2) is 56.9 Å². The van der Waals surface area contributed by atoms with Crippen molar-refractivity contribution in [3.8, 4) is 11.1 Å². The molecular weight excluding hydrogens is 396 g/mol. The van der Waals surface area contributed by atoms with Crippen molar-refractivity contribution in [3.05, 3.63) is 71.3 Å². The maximum absolute atomic E-state index is 12.7. The van der Waals surface area contributed by atoms with Gasteiger partial charge in [-0.3, -0.25) is 5.10 Å². The standard InChI is InChI=1S/C23H22N4O4/c28-22(29)21-24-20(25-26-21)14-9-11-27(12-10-14)23(30)31-13-19-17-7-3-1-5-15(17)16-6-2-4-8-18(16)19/h1-8,14,19H,9-13H2,(H,28,29)(H,24,25,26). The smallest absolute Gasteiger partial charge is 0.409 e. The molecule has 0 bridgehead atoms. The fourth-order valence-corrected chi connectivity index (χ4v) is 4.57. The first kappa shape index (κ1) is 19.3. The van der Waals surface area contributed by atoms with Crippen molar-refractivity contribution < 1.29 is 19.4 Å². The summed E-state index contributed by atoms with van der Waals surface area (Å²) < 4.78 is 5.73. The summed E-state index contributed by atoms with van der Waals surface area (Å²) in [6, 6.07) is 16.5. The molecule has 5 rings (SSSR count). The largest absolute Gasteiger partial charge is 0.475 e. The van der Waals surface area contributed by atoms with Crippen LogP contribution in [0.2, 0.25) is 0 Å². The Morgan fingerprint density at radius 1 is 1.03 bits per heavy atom. The molecule has 0 unspecified atom stereocenters. The van der Waals surface area contributed by atoms with Crippen molar-refractivity contribution in [1.82, 2.24) is 20.1 Å². The summed E-state index contributed by atoms with van der Waals surface area (Å²) in [5, 5.41) is 15.4. The van der Waals surface area contributed by atoms with Crippen LogP contribution in [0.4, 0.5) is 4.79 Å². The maximum atomic E-state index is 12.7. The minimum atomic E-state index is -1.15. The third kappa shape index (κ3) is 3.54. The second kappa shape index (κ2) is 7.86. The Labute approximate surface area is 178 Å². The lowest BCUT2D eigenvalue weighted by atomic mass is 9.96. The summed E-state index contributed by atoms with van der Waals surface area (Å²) in [6.07, 6.45) is 1.04. The monoisotopic (exact) mass is 418 g/mol. The minimum Gasteiger partial charge on any atom is -0.475 e. The second-order valence-electron chi connectivity index (χ2n) is 7.91. The normalized spacial score (nSPS) is 16.1. The number of carbonyl (C=O) groups is 2. The molecule has 1 aliphatic heterocycles. The Morgan fingerprint density at radius 2 is 1.65 bits per heavy atom. The van der Waals surface area contributed by atoms with E-state index in [1.807, 2.05) is 24.3 Å². The van der Waals surface area contributed by atoms with Crippen molar-refractivity contribution in [2.24, 2.45) is 0 Å². The fraction of sp³-hybridized carbons (Fsp3) is 0.304. The average molecular weight is 418 g/mol. The first-order valence-electron chi connectivity index (χ1n) is 10.4. The van der Waals surface area contributed by atoms with Gasteiger partial charge in [-0.2, -0.15) is 0 Å². The number of nitrogens with zero attached hydrogens (tertiary/aromatic N) is 3. The summed E-state index contributed by atoms with van der Waals surface area (Å²) in [5.41, 5.74) is 4.78. The topological polar surface area (TPSA) is 108 Å². The first-order valence-corrected chi connectivity index (χ1v) is 10.4. The summed E-state index contributed by atoms with van der Waals surface area (Å²) >= 11 is 0. The quantitative estimate of drug-likeness (QED) is 0.670. The van der Waals surface area contributed by atoms with Gasteiger partial charge in [0.2, 0.25) is 0 Å². The summed E-state index contributed by atoms with van der Waals surface area (Å²) in [7, 11) is 0. The molecule has 2 aliphatic rings. The molecule has 0 atom stereocenters. The number of aromatic amines is 1. The van der Waals surface area contributed by atoms with E-state index in [4.69, 9.17) is 9.84 Å². The van der Waals surface area contributed by atoms with Crippen molar-refractivity contribution in [2.75, 3.05) is 19.7 Å². The highest BCUT2D eigenvalue weighted by molar-refractivity contribution is 5.83. The number of likely N-dealkylation sites (tertiary alicyclic amines) is 1. The van der Waals surface area contributed by atoms with E-state index in [0.717, 1.165) is 0 Å². The van der Waals surface area contributed by atoms with Gasteiger partial charge >= 0.3 is 12.1 Å². The van der Waals surface area contributed by atoms with Crippen LogP contribution < -0.4 is 0 Å². The van der Waals surface area contributed by atoms with Crippen LogP contribution in [0.25, 0.3) is 11.1 Å². The SMILES string of the molecule is O=C(O)c1n[nH]c(C2CCN(C(=O)OCC3c4ccccc4-c4ccccc43)CC2)n1. The minimum absolute atomic E-state index is 0.0394. The lowest BCUT2D eigenvalue weighted by Crippen LogP contribution is -2.39. The van der Waals surface area contributed by atoms with E-state index in [9.17, 15) is 9.59 Å². The zero-order valence-corrected chi connectivity index (χ0v) is 16.8. The highest BCUT2D eigenvalue weighted by Crippen LogP contribution is 2.44. The van der Waals surface area contributed by atoms with E-state index < -0.39 is 5.97 Å². The molecule has 8 heteroatoms. The van der Waals surface area contributed by atoms with Gasteiger partial charge < -0.3 is 14.7 Å². The van der Waals surface area contributed by atoms with E-state index in [1.165, 1.54) is 22.3 Å². The van der Waals surface area contributed by atoms with Crippen LogP contribution >= 0.6 is 0 Å². The summed E-state index contributed by atoms with van der Waals surface area (Å²) in [5.74, 6) is -0.729. The number of benzene rings is 2. The van der Waals surface area contributed by atoms with Gasteiger partial charge in [0, 0.05) is 24.9 Å². The van der Waals surface area contributed by atoms with Crippen molar-refractivity contribution >= 4 is 12.1 Å². The molecule has 2 heterocycles. The Morgan fingerprint density at radius 3 is 2.23 bits per heavy atom. The number of aromatic carboxylic acids is 1. The number of piperidine rings is 1. The number of carboxylic acids is 1. The van der Waals surface area contributed by atoms with Gasteiger partial charge in [0.1, 0.15) is 12.4 Å². The molecule has 1 fully saturated rings. The highest BCUT2D eigenvalue weighted by Gasteiger charge is 2.31. The first-order chi connectivity index (χ1) is 15.1. The molecule has 3 aromatic rings. The van der Waals surface area contributed by atoms with Gasteiger partial charge in [0.05, 0.1) is 0 Å². The number of nitrogens with one attached hydrogen (secondary N) is 1. The highest BCUT2D eigenvalue weighted by atomic mass is 16.6. The third-order valence-corrected chi connectivity index (χ3v) is 6.17. The molecule has 31 heavy (non-hydrogen) atoms. The molecule has 8 nitrogen and oxygen atoms in total. The van der Waals surface area contributed by atoms with Crippen molar-refractivity contribution in [3.63, 3.8) is 0 Å². The number of H-pyrrole nitrogens is 1. The number of carboxylic acid groups (broad SMARTS) is 1. The molecule has 2 aromatic carbocycles. The van der Waals surface area contributed by atoms with Crippen molar-refractivity contribution in [2.45, 2.75) is 24.7 Å². The van der Waals surface area contributed by atoms with Gasteiger partial charge in [-0.05, 0) is 35.1 Å². The van der Waals surface area contributed by atoms with Crippen LogP contribution in [0.1, 0.15) is 52.2 Å². The fourth-order valence-electron chi connectivity index (χ4n) is 4.57. The molecule has 1 saturated heterocycles. The number of fused-ring (bicyclic) bond motifs is 3. The zero-order chi connectivity index (χ0) is 21.4. The molecule has 0 saturated carbocycles. The lowest BCUT2D eigenvalue weighted by Gasteiger charge is -2.30. The number of hydrogen-bond donors (Lipinski definition) is 2.